The first-order chi connectivity index (χ1) is 7.85. The van der Waals surface area contributed by atoms with Crippen LogP contribution in [0.5, 0.6) is 0 Å². The number of alkyl halides is 1. The third-order valence-corrected chi connectivity index (χ3v) is 2.54. The summed E-state index contributed by atoms with van der Waals surface area (Å²) in [5.74, 6) is 2.18. The van der Waals surface area contributed by atoms with Crippen molar-refractivity contribution in [2.45, 2.75) is 25.6 Å². The molecule has 0 aliphatic heterocycles. The largest absolute Gasteiger partial charge is 0.287 e. The Morgan fingerprint density at radius 2 is 2.12 bits per heavy atom. The van der Waals surface area contributed by atoms with Crippen LogP contribution in [0.4, 0.5) is 0 Å². The minimum atomic E-state index is 0.388. The van der Waals surface area contributed by atoms with Gasteiger partial charge in [0, 0.05) is 18.8 Å². The van der Waals surface area contributed by atoms with E-state index >= 15 is 0 Å². The van der Waals surface area contributed by atoms with Crippen molar-refractivity contribution in [2.24, 2.45) is 0 Å². The number of halogens is 1. The standard InChI is InChI=1S/C11H13ClN4/c1-2-3-10-13-4-5-16(10)11-8-14-9(6-12)7-15-11/h4-5,7-8H,2-3,6H2,1H3. The van der Waals surface area contributed by atoms with E-state index in [0.717, 1.165) is 30.2 Å². The molecule has 0 radical (unpaired) electrons. The Hall–Kier alpha value is -1.42. The zero-order valence-electron chi connectivity index (χ0n) is 9.10. The average Bonchev–Trinajstić information content (AvgIpc) is 2.78. The maximum Gasteiger partial charge on any atom is 0.156 e. The summed E-state index contributed by atoms with van der Waals surface area (Å²) >= 11 is 5.66. The number of aryl methyl sites for hydroxylation is 1. The first-order valence-electron chi connectivity index (χ1n) is 5.24. The average molecular weight is 237 g/mol. The van der Waals surface area contributed by atoms with Gasteiger partial charge in [-0.15, -0.1) is 11.6 Å². The Bertz CT molecular complexity index is 449. The molecule has 0 saturated carbocycles. The first kappa shape index (κ1) is 11.1. The van der Waals surface area contributed by atoms with Gasteiger partial charge >= 0.3 is 0 Å². The Kier molecular flexibility index (Phi) is 3.51. The van der Waals surface area contributed by atoms with Crippen molar-refractivity contribution in [3.63, 3.8) is 0 Å². The number of hydrogen-bond donors (Lipinski definition) is 0. The van der Waals surface area contributed by atoms with Crippen molar-refractivity contribution < 1.29 is 0 Å². The van der Waals surface area contributed by atoms with Crippen LogP contribution in [0.2, 0.25) is 0 Å². The van der Waals surface area contributed by atoms with Gasteiger partial charge in [-0.25, -0.2) is 9.97 Å². The molecule has 0 atom stereocenters. The molecule has 4 nitrogen and oxygen atoms in total. The van der Waals surface area contributed by atoms with Gasteiger partial charge in [-0.1, -0.05) is 6.92 Å². The highest BCUT2D eigenvalue weighted by Gasteiger charge is 2.05. The Morgan fingerprint density at radius 3 is 2.75 bits per heavy atom. The summed E-state index contributed by atoms with van der Waals surface area (Å²) in [6.07, 6.45) is 9.09. The van der Waals surface area contributed by atoms with Crippen LogP contribution in [0.25, 0.3) is 5.82 Å². The fourth-order valence-electron chi connectivity index (χ4n) is 1.49. The van der Waals surface area contributed by atoms with Crippen LogP contribution < -0.4 is 0 Å². The highest BCUT2D eigenvalue weighted by atomic mass is 35.5. The summed E-state index contributed by atoms with van der Waals surface area (Å²) in [7, 11) is 0. The number of hydrogen-bond acceptors (Lipinski definition) is 3. The highest BCUT2D eigenvalue weighted by molar-refractivity contribution is 6.16. The van der Waals surface area contributed by atoms with E-state index in [9.17, 15) is 0 Å². The van der Waals surface area contributed by atoms with Gasteiger partial charge in [-0.2, -0.15) is 0 Å². The summed E-state index contributed by atoms with van der Waals surface area (Å²) in [5, 5.41) is 0. The van der Waals surface area contributed by atoms with Gasteiger partial charge in [-0.3, -0.25) is 9.55 Å². The first-order valence-corrected chi connectivity index (χ1v) is 5.78. The lowest BCUT2D eigenvalue weighted by Gasteiger charge is -2.05. The van der Waals surface area contributed by atoms with Crippen molar-refractivity contribution in [3.8, 4) is 5.82 Å². The molecule has 2 aromatic rings. The van der Waals surface area contributed by atoms with Crippen molar-refractivity contribution in [1.29, 1.82) is 0 Å². The molecule has 0 amide bonds. The molecule has 0 N–H and O–H groups in total. The van der Waals surface area contributed by atoms with E-state index < -0.39 is 0 Å². The molecule has 2 heterocycles. The van der Waals surface area contributed by atoms with Crippen LogP contribution in [-0.2, 0) is 12.3 Å². The molecule has 84 valence electrons. The smallest absolute Gasteiger partial charge is 0.156 e. The van der Waals surface area contributed by atoms with Gasteiger partial charge in [0.05, 0.1) is 24.0 Å². The second-order valence-electron chi connectivity index (χ2n) is 3.46. The molecule has 0 saturated heterocycles. The molecule has 0 spiro atoms. The van der Waals surface area contributed by atoms with Crippen LogP contribution in [0.15, 0.2) is 24.8 Å². The maximum atomic E-state index is 5.66. The topological polar surface area (TPSA) is 43.6 Å². The molecular weight excluding hydrogens is 224 g/mol. The van der Waals surface area contributed by atoms with Gasteiger partial charge < -0.3 is 0 Å². The molecule has 2 aromatic heterocycles. The lowest BCUT2D eigenvalue weighted by Crippen LogP contribution is -2.03. The minimum Gasteiger partial charge on any atom is -0.287 e. The summed E-state index contributed by atoms with van der Waals surface area (Å²) in [5.41, 5.74) is 0.780. The van der Waals surface area contributed by atoms with Crippen LogP contribution in [0, 0.1) is 0 Å². The molecule has 0 aromatic carbocycles. The number of nitrogens with zero attached hydrogens (tertiary/aromatic N) is 4. The van der Waals surface area contributed by atoms with Crippen LogP contribution in [0.3, 0.4) is 0 Å². The summed E-state index contributed by atoms with van der Waals surface area (Å²) in [4.78, 5) is 12.8. The molecule has 16 heavy (non-hydrogen) atoms. The fraction of sp³-hybridized carbons (Fsp3) is 0.364. The monoisotopic (exact) mass is 236 g/mol. The Labute approximate surface area is 99.3 Å². The number of aromatic nitrogens is 4. The van der Waals surface area contributed by atoms with Crippen molar-refractivity contribution in [1.82, 2.24) is 19.5 Å². The zero-order valence-corrected chi connectivity index (χ0v) is 9.85. The molecule has 2 rings (SSSR count). The number of imidazole rings is 1. The van der Waals surface area contributed by atoms with Gasteiger partial charge in [0.15, 0.2) is 5.82 Å². The molecule has 0 fully saturated rings. The lowest BCUT2D eigenvalue weighted by atomic mass is 10.3. The highest BCUT2D eigenvalue weighted by Crippen LogP contribution is 2.09. The lowest BCUT2D eigenvalue weighted by molar-refractivity contribution is 0.793. The second kappa shape index (κ2) is 5.07. The van der Waals surface area contributed by atoms with Crippen molar-refractivity contribution in [3.05, 3.63) is 36.3 Å². The van der Waals surface area contributed by atoms with E-state index in [1.54, 1.807) is 18.6 Å². The van der Waals surface area contributed by atoms with Crippen LogP contribution in [0.1, 0.15) is 24.9 Å². The molecular formula is C11H13ClN4. The minimum absolute atomic E-state index is 0.388. The molecule has 0 aliphatic rings. The second-order valence-corrected chi connectivity index (χ2v) is 3.73. The van der Waals surface area contributed by atoms with E-state index in [1.807, 2.05) is 10.8 Å². The van der Waals surface area contributed by atoms with Gasteiger partial charge in [-0.05, 0) is 6.42 Å². The fourth-order valence-corrected chi connectivity index (χ4v) is 1.63. The van der Waals surface area contributed by atoms with E-state index in [1.165, 1.54) is 0 Å². The summed E-state index contributed by atoms with van der Waals surface area (Å²) in [6.45, 7) is 2.13. The number of rotatable bonds is 4. The molecule has 0 unspecified atom stereocenters. The summed E-state index contributed by atoms with van der Waals surface area (Å²) < 4.78 is 1.95. The van der Waals surface area contributed by atoms with E-state index in [4.69, 9.17) is 11.6 Å². The van der Waals surface area contributed by atoms with Gasteiger partial charge in [0.2, 0.25) is 0 Å². The normalized spacial score (nSPS) is 10.6. The zero-order chi connectivity index (χ0) is 11.4. The maximum absolute atomic E-state index is 5.66. The Balaban J connectivity index is 2.31. The third-order valence-electron chi connectivity index (χ3n) is 2.27. The quantitative estimate of drug-likeness (QED) is 0.766. The Morgan fingerprint density at radius 1 is 1.25 bits per heavy atom. The molecule has 5 heteroatoms. The van der Waals surface area contributed by atoms with Crippen LogP contribution >= 0.6 is 11.6 Å². The molecule has 0 bridgehead atoms. The third kappa shape index (κ3) is 2.22. The SMILES string of the molecule is CCCc1nccn1-c1cnc(CCl)cn1. The summed E-state index contributed by atoms with van der Waals surface area (Å²) in [6, 6.07) is 0. The predicted octanol–water partition coefficient (Wildman–Crippen LogP) is 2.35. The van der Waals surface area contributed by atoms with Crippen molar-refractivity contribution >= 4 is 11.6 Å². The molecule has 0 aliphatic carbocycles. The van der Waals surface area contributed by atoms with E-state index in [0.29, 0.717) is 5.88 Å². The van der Waals surface area contributed by atoms with Gasteiger partial charge in [0.1, 0.15) is 5.82 Å². The predicted molar refractivity (Wildman–Crippen MR) is 62.7 cm³/mol. The van der Waals surface area contributed by atoms with E-state index in [-0.39, 0.29) is 0 Å². The van der Waals surface area contributed by atoms with Crippen molar-refractivity contribution in [2.75, 3.05) is 0 Å². The van der Waals surface area contributed by atoms with E-state index in [2.05, 4.69) is 21.9 Å². The van der Waals surface area contributed by atoms with Crippen LogP contribution in [-0.4, -0.2) is 19.5 Å². The van der Waals surface area contributed by atoms with Gasteiger partial charge in [0.25, 0.3) is 0 Å².